The molecule has 18 heavy (non-hydrogen) atoms. The van der Waals surface area contributed by atoms with Crippen LogP contribution in [0.3, 0.4) is 0 Å². The summed E-state index contributed by atoms with van der Waals surface area (Å²) in [5, 5.41) is 0. The van der Waals surface area contributed by atoms with Crippen molar-refractivity contribution in [2.45, 2.75) is 31.8 Å². The summed E-state index contributed by atoms with van der Waals surface area (Å²) in [6, 6.07) is 0. The summed E-state index contributed by atoms with van der Waals surface area (Å²) in [5.74, 6) is -1.78. The van der Waals surface area contributed by atoms with E-state index in [1.165, 1.54) is 12.0 Å². The summed E-state index contributed by atoms with van der Waals surface area (Å²) < 4.78 is 4.69. The SMILES string of the molecule is COC(=O)[C@@]1(CS)C(=O)C=CC(=O)N1C(C)(C)C. The molecule has 5 nitrogen and oxygen atoms in total. The van der Waals surface area contributed by atoms with Crippen LogP contribution in [0.15, 0.2) is 12.2 Å². The molecule has 1 atom stereocenters. The van der Waals surface area contributed by atoms with Crippen LogP contribution in [0.5, 0.6) is 0 Å². The number of nitrogens with zero attached hydrogens (tertiary/aromatic N) is 1. The minimum atomic E-state index is -1.68. The van der Waals surface area contributed by atoms with Crippen molar-refractivity contribution in [3.05, 3.63) is 12.2 Å². The fourth-order valence-electron chi connectivity index (χ4n) is 2.13. The van der Waals surface area contributed by atoms with Gasteiger partial charge in [-0.05, 0) is 26.8 Å². The number of thiol groups is 1. The maximum absolute atomic E-state index is 12.1. The third kappa shape index (κ3) is 2.05. The van der Waals surface area contributed by atoms with Crippen LogP contribution in [0.4, 0.5) is 0 Å². The molecule has 0 aromatic heterocycles. The minimum absolute atomic E-state index is 0.119. The molecule has 6 heteroatoms. The number of esters is 1. The van der Waals surface area contributed by atoms with Crippen molar-refractivity contribution >= 4 is 30.3 Å². The van der Waals surface area contributed by atoms with Crippen LogP contribution in [0.1, 0.15) is 20.8 Å². The van der Waals surface area contributed by atoms with Crippen LogP contribution in [0.2, 0.25) is 0 Å². The van der Waals surface area contributed by atoms with Crippen molar-refractivity contribution in [3.63, 3.8) is 0 Å². The highest BCUT2D eigenvalue weighted by molar-refractivity contribution is 7.80. The molecular formula is C12H17NO4S. The second-order valence-electron chi connectivity index (χ2n) is 5.05. The van der Waals surface area contributed by atoms with Gasteiger partial charge in [0.2, 0.25) is 11.4 Å². The first-order chi connectivity index (χ1) is 8.21. The van der Waals surface area contributed by atoms with Gasteiger partial charge in [-0.2, -0.15) is 12.6 Å². The molecule has 0 radical (unpaired) electrons. The van der Waals surface area contributed by atoms with E-state index in [1.807, 2.05) is 0 Å². The number of hydrogen-bond acceptors (Lipinski definition) is 5. The zero-order chi connectivity index (χ0) is 14.1. The molecule has 1 heterocycles. The zero-order valence-corrected chi connectivity index (χ0v) is 11.8. The van der Waals surface area contributed by atoms with Gasteiger partial charge >= 0.3 is 5.97 Å². The Morgan fingerprint density at radius 2 is 1.94 bits per heavy atom. The fraction of sp³-hybridized carbons (Fsp3) is 0.583. The summed E-state index contributed by atoms with van der Waals surface area (Å²) >= 11 is 4.08. The summed E-state index contributed by atoms with van der Waals surface area (Å²) in [4.78, 5) is 37.4. The van der Waals surface area contributed by atoms with E-state index < -0.39 is 28.7 Å². The lowest BCUT2D eigenvalue weighted by Crippen LogP contribution is -2.69. The van der Waals surface area contributed by atoms with Crippen LogP contribution in [-0.2, 0) is 19.1 Å². The van der Waals surface area contributed by atoms with Gasteiger partial charge in [-0.15, -0.1) is 0 Å². The molecule has 1 rings (SSSR count). The average Bonchev–Trinajstić information content (AvgIpc) is 2.29. The van der Waals surface area contributed by atoms with E-state index in [1.54, 1.807) is 20.8 Å². The highest BCUT2D eigenvalue weighted by Crippen LogP contribution is 2.32. The average molecular weight is 271 g/mol. The first-order valence-electron chi connectivity index (χ1n) is 5.48. The molecule has 0 aromatic rings. The van der Waals surface area contributed by atoms with E-state index in [4.69, 9.17) is 4.74 Å². The molecule has 0 unspecified atom stereocenters. The molecular weight excluding hydrogens is 254 g/mol. The second-order valence-corrected chi connectivity index (χ2v) is 5.37. The Morgan fingerprint density at radius 1 is 1.39 bits per heavy atom. The predicted molar refractivity (Wildman–Crippen MR) is 69.3 cm³/mol. The number of hydrogen-bond donors (Lipinski definition) is 1. The molecule has 0 aromatic carbocycles. The molecule has 0 fully saturated rings. The first kappa shape index (κ1) is 14.8. The number of carbonyl (C=O) groups is 3. The van der Waals surface area contributed by atoms with E-state index in [2.05, 4.69) is 12.6 Å². The lowest BCUT2D eigenvalue weighted by molar-refractivity contribution is -0.168. The number of ketones is 1. The first-order valence-corrected chi connectivity index (χ1v) is 6.11. The molecule has 1 aliphatic heterocycles. The smallest absolute Gasteiger partial charge is 0.340 e. The molecule has 0 saturated heterocycles. The van der Waals surface area contributed by atoms with Crippen LogP contribution in [-0.4, -0.2) is 46.5 Å². The van der Waals surface area contributed by atoms with Crippen LogP contribution in [0.25, 0.3) is 0 Å². The lowest BCUT2D eigenvalue weighted by atomic mass is 9.85. The standard InChI is InChI=1S/C12H17NO4S/c1-11(2,3)13-9(15)6-5-8(14)12(13,7-18)10(16)17-4/h5-6,18H,7H2,1-4H3/t12-/m1/s1. The molecule has 0 spiro atoms. The molecule has 0 N–H and O–H groups in total. The van der Waals surface area contributed by atoms with Crippen molar-refractivity contribution in [2.24, 2.45) is 0 Å². The Morgan fingerprint density at radius 3 is 2.33 bits per heavy atom. The lowest BCUT2D eigenvalue weighted by Gasteiger charge is -2.47. The Labute approximate surface area is 112 Å². The largest absolute Gasteiger partial charge is 0.467 e. The summed E-state index contributed by atoms with van der Waals surface area (Å²) in [6.07, 6.45) is 2.27. The third-order valence-electron chi connectivity index (χ3n) is 2.81. The number of amides is 1. The van der Waals surface area contributed by atoms with Gasteiger partial charge in [-0.25, -0.2) is 4.79 Å². The third-order valence-corrected chi connectivity index (χ3v) is 3.27. The van der Waals surface area contributed by atoms with Crippen molar-refractivity contribution < 1.29 is 19.1 Å². The van der Waals surface area contributed by atoms with E-state index >= 15 is 0 Å². The topological polar surface area (TPSA) is 63.7 Å². The maximum Gasteiger partial charge on any atom is 0.340 e. The van der Waals surface area contributed by atoms with Crippen molar-refractivity contribution in [3.8, 4) is 0 Å². The molecule has 0 saturated carbocycles. The number of carbonyl (C=O) groups excluding carboxylic acids is 3. The molecule has 0 bridgehead atoms. The van der Waals surface area contributed by atoms with Gasteiger partial charge in [0.1, 0.15) is 0 Å². The highest BCUT2D eigenvalue weighted by atomic mass is 32.1. The predicted octanol–water partition coefficient (Wildman–Crippen LogP) is 0.594. The zero-order valence-electron chi connectivity index (χ0n) is 10.9. The van der Waals surface area contributed by atoms with Crippen LogP contribution >= 0.6 is 12.6 Å². The van der Waals surface area contributed by atoms with E-state index in [0.29, 0.717) is 0 Å². The Kier molecular flexibility index (Phi) is 3.90. The number of methoxy groups -OCH3 is 1. The molecule has 0 aliphatic carbocycles. The van der Waals surface area contributed by atoms with Gasteiger partial charge in [0.25, 0.3) is 0 Å². The summed E-state index contributed by atoms with van der Waals surface area (Å²) in [5.41, 5.74) is -2.38. The monoisotopic (exact) mass is 271 g/mol. The molecule has 100 valence electrons. The van der Waals surface area contributed by atoms with Crippen molar-refractivity contribution in [1.29, 1.82) is 0 Å². The Balaban J connectivity index is 3.50. The van der Waals surface area contributed by atoms with Crippen molar-refractivity contribution in [1.82, 2.24) is 4.90 Å². The maximum atomic E-state index is 12.1. The van der Waals surface area contributed by atoms with Gasteiger partial charge in [-0.1, -0.05) is 0 Å². The van der Waals surface area contributed by atoms with E-state index in [9.17, 15) is 14.4 Å². The van der Waals surface area contributed by atoms with Gasteiger partial charge in [0.15, 0.2) is 5.78 Å². The highest BCUT2D eigenvalue weighted by Gasteiger charge is 2.56. The number of ether oxygens (including phenoxy) is 1. The molecule has 1 aliphatic rings. The normalized spacial score (nSPS) is 24.4. The van der Waals surface area contributed by atoms with E-state index in [-0.39, 0.29) is 5.75 Å². The summed E-state index contributed by atoms with van der Waals surface area (Å²) in [7, 11) is 1.18. The fourth-order valence-corrected chi connectivity index (χ4v) is 2.56. The Bertz CT molecular complexity index is 424. The van der Waals surface area contributed by atoms with Gasteiger partial charge in [0, 0.05) is 17.4 Å². The Hall–Kier alpha value is -1.30. The minimum Gasteiger partial charge on any atom is -0.467 e. The quantitative estimate of drug-likeness (QED) is 0.454. The number of rotatable bonds is 2. The molecule has 1 amide bonds. The van der Waals surface area contributed by atoms with Crippen LogP contribution < -0.4 is 0 Å². The summed E-state index contributed by atoms with van der Waals surface area (Å²) in [6.45, 7) is 5.25. The van der Waals surface area contributed by atoms with Crippen molar-refractivity contribution in [2.75, 3.05) is 12.9 Å². The van der Waals surface area contributed by atoms with E-state index in [0.717, 1.165) is 12.2 Å². The van der Waals surface area contributed by atoms with Gasteiger partial charge < -0.3 is 9.64 Å². The van der Waals surface area contributed by atoms with Gasteiger partial charge in [-0.3, -0.25) is 9.59 Å². The van der Waals surface area contributed by atoms with Crippen LogP contribution in [0, 0.1) is 0 Å². The second kappa shape index (κ2) is 4.76. The van der Waals surface area contributed by atoms with Gasteiger partial charge in [0.05, 0.1) is 7.11 Å².